The number of hydrogen-bond acceptors (Lipinski definition) is 3. The molecule has 0 aromatic heterocycles. The lowest BCUT2D eigenvalue weighted by molar-refractivity contribution is -0.126. The van der Waals surface area contributed by atoms with Crippen LogP contribution in [0.25, 0.3) is 0 Å². The van der Waals surface area contributed by atoms with Gasteiger partial charge in [0.2, 0.25) is 12.2 Å². The fourth-order valence-electron chi connectivity index (χ4n) is 1.49. The van der Waals surface area contributed by atoms with E-state index in [4.69, 9.17) is 4.74 Å². The number of hydrogen-bond donors (Lipinski definition) is 1. The van der Waals surface area contributed by atoms with Gasteiger partial charge in [0.25, 0.3) is 5.91 Å². The maximum Gasteiger partial charge on any atom is 0.281 e. The molecule has 0 aromatic carbocycles. The number of rotatable bonds is 4. The molecule has 1 aliphatic heterocycles. The molecule has 18 heavy (non-hydrogen) atoms. The smallest absolute Gasteiger partial charge is 0.281 e. The molecule has 1 fully saturated rings. The number of nitrogens with zero attached hydrogens (tertiary/aromatic N) is 1. The lowest BCUT2D eigenvalue weighted by atomic mass is 10.2. The zero-order valence-electron chi connectivity index (χ0n) is 11.3. The molecule has 0 aliphatic carbocycles. The second-order valence-electron chi connectivity index (χ2n) is 3.59. The Morgan fingerprint density at radius 3 is 2.44 bits per heavy atom. The summed E-state index contributed by atoms with van der Waals surface area (Å²) in [5.41, 5.74) is 0. The molecular formula is C12H21FN2O3. The summed E-state index contributed by atoms with van der Waals surface area (Å²) in [5, 5.41) is 2.13. The van der Waals surface area contributed by atoms with Crippen molar-refractivity contribution in [3.63, 3.8) is 0 Å². The van der Waals surface area contributed by atoms with Gasteiger partial charge in [-0.25, -0.2) is 0 Å². The highest BCUT2D eigenvalue weighted by molar-refractivity contribution is 5.91. The average Bonchev–Trinajstić information content (AvgIpc) is 2.83. The predicted octanol–water partition coefficient (Wildman–Crippen LogP) is 1.55. The number of halogens is 1. The maximum atomic E-state index is 13.2. The summed E-state index contributed by atoms with van der Waals surface area (Å²) in [7, 11) is 1.31. The van der Waals surface area contributed by atoms with Crippen LogP contribution in [0.2, 0.25) is 0 Å². The third-order valence-corrected chi connectivity index (χ3v) is 2.37. The SMILES string of the molecule is CC.CNC(=O)/C(F)=C\N(C=O)C1CCC(C)O1. The first-order valence-corrected chi connectivity index (χ1v) is 6.06. The molecule has 1 saturated heterocycles. The van der Waals surface area contributed by atoms with E-state index in [1.54, 1.807) is 0 Å². The van der Waals surface area contributed by atoms with Gasteiger partial charge >= 0.3 is 0 Å². The Balaban J connectivity index is 0.00000137. The van der Waals surface area contributed by atoms with Crippen LogP contribution in [-0.4, -0.2) is 36.6 Å². The summed E-state index contributed by atoms with van der Waals surface area (Å²) in [6.07, 6.45) is 2.31. The monoisotopic (exact) mass is 260 g/mol. The number of nitrogens with one attached hydrogen (secondary N) is 1. The van der Waals surface area contributed by atoms with Crippen molar-refractivity contribution in [3.8, 4) is 0 Å². The van der Waals surface area contributed by atoms with Gasteiger partial charge in [-0.1, -0.05) is 13.8 Å². The van der Waals surface area contributed by atoms with Crippen LogP contribution in [0.15, 0.2) is 12.0 Å². The van der Waals surface area contributed by atoms with Gasteiger partial charge in [0, 0.05) is 7.05 Å². The van der Waals surface area contributed by atoms with Crippen molar-refractivity contribution >= 4 is 12.3 Å². The molecule has 1 rings (SSSR count). The van der Waals surface area contributed by atoms with E-state index in [0.717, 1.165) is 17.5 Å². The number of amides is 2. The Kier molecular flexibility index (Phi) is 7.94. The molecule has 0 aromatic rings. The minimum Gasteiger partial charge on any atom is -0.355 e. The first-order valence-electron chi connectivity index (χ1n) is 6.06. The fraction of sp³-hybridized carbons (Fsp3) is 0.667. The topological polar surface area (TPSA) is 58.6 Å². The van der Waals surface area contributed by atoms with E-state index in [0.29, 0.717) is 12.8 Å². The number of ether oxygens (including phenoxy) is 1. The highest BCUT2D eigenvalue weighted by Gasteiger charge is 2.26. The highest BCUT2D eigenvalue weighted by atomic mass is 19.1. The normalized spacial score (nSPS) is 22.8. The molecule has 2 atom stereocenters. The predicted molar refractivity (Wildman–Crippen MR) is 66.1 cm³/mol. The summed E-state index contributed by atoms with van der Waals surface area (Å²) in [4.78, 5) is 22.7. The first kappa shape index (κ1) is 16.6. The molecule has 2 amide bonds. The van der Waals surface area contributed by atoms with E-state index in [-0.39, 0.29) is 6.10 Å². The van der Waals surface area contributed by atoms with Crippen LogP contribution in [-0.2, 0) is 14.3 Å². The van der Waals surface area contributed by atoms with Gasteiger partial charge in [0.1, 0.15) is 6.23 Å². The Labute approximate surface area is 107 Å². The minimum atomic E-state index is -1.02. The van der Waals surface area contributed by atoms with Crippen molar-refractivity contribution in [2.45, 2.75) is 45.9 Å². The van der Waals surface area contributed by atoms with Gasteiger partial charge in [-0.3, -0.25) is 14.5 Å². The van der Waals surface area contributed by atoms with Gasteiger partial charge in [0.05, 0.1) is 12.3 Å². The zero-order valence-corrected chi connectivity index (χ0v) is 11.3. The molecule has 1 aliphatic rings. The molecule has 0 saturated carbocycles. The molecule has 2 unspecified atom stereocenters. The van der Waals surface area contributed by atoms with Crippen molar-refractivity contribution in [3.05, 3.63) is 12.0 Å². The zero-order chi connectivity index (χ0) is 14.1. The lowest BCUT2D eigenvalue weighted by Gasteiger charge is -2.20. The minimum absolute atomic E-state index is 0.0453. The van der Waals surface area contributed by atoms with E-state index in [1.165, 1.54) is 7.05 Å². The van der Waals surface area contributed by atoms with Crippen LogP contribution < -0.4 is 5.32 Å². The second-order valence-corrected chi connectivity index (χ2v) is 3.59. The summed E-state index contributed by atoms with van der Waals surface area (Å²) >= 11 is 0. The van der Waals surface area contributed by atoms with Crippen LogP contribution in [0.1, 0.15) is 33.6 Å². The van der Waals surface area contributed by atoms with E-state index in [1.807, 2.05) is 20.8 Å². The largest absolute Gasteiger partial charge is 0.355 e. The molecule has 0 bridgehead atoms. The first-order chi connectivity index (χ1) is 8.58. The van der Waals surface area contributed by atoms with Crippen LogP contribution in [0.4, 0.5) is 4.39 Å². The van der Waals surface area contributed by atoms with Crippen LogP contribution in [0.3, 0.4) is 0 Å². The summed E-state index contributed by atoms with van der Waals surface area (Å²) in [6, 6.07) is 0. The lowest BCUT2D eigenvalue weighted by Crippen LogP contribution is -2.31. The molecule has 104 valence electrons. The van der Waals surface area contributed by atoms with Gasteiger partial charge in [0.15, 0.2) is 0 Å². The summed E-state index contributed by atoms with van der Waals surface area (Å²) in [5.74, 6) is -1.88. The van der Waals surface area contributed by atoms with Gasteiger partial charge in [-0.2, -0.15) is 4.39 Å². The standard InChI is InChI=1S/C10H15FN2O3.C2H6/c1-7-3-4-9(16-7)13(6-14)5-8(11)10(15)12-2;1-2/h5-7,9H,3-4H2,1-2H3,(H,12,15);1-2H3/b8-5+;. The molecule has 1 heterocycles. The quantitative estimate of drug-likeness (QED) is 0.616. The molecule has 6 heteroatoms. The molecular weight excluding hydrogens is 239 g/mol. The molecule has 0 spiro atoms. The van der Waals surface area contributed by atoms with Crippen molar-refractivity contribution in [1.82, 2.24) is 10.2 Å². The van der Waals surface area contributed by atoms with Gasteiger partial charge in [-0.05, 0) is 19.8 Å². The van der Waals surface area contributed by atoms with Crippen LogP contribution in [0, 0.1) is 0 Å². The Bertz CT molecular complexity index is 308. The summed E-state index contributed by atoms with van der Waals surface area (Å²) < 4.78 is 18.6. The van der Waals surface area contributed by atoms with Crippen molar-refractivity contribution in [2.75, 3.05) is 7.05 Å². The van der Waals surface area contributed by atoms with Gasteiger partial charge in [-0.15, -0.1) is 0 Å². The third kappa shape index (κ3) is 4.83. The number of carbonyl (C=O) groups is 2. The number of carbonyl (C=O) groups excluding carboxylic acids is 2. The Morgan fingerprint density at radius 2 is 2.06 bits per heavy atom. The molecule has 1 N–H and O–H groups in total. The van der Waals surface area contributed by atoms with Crippen molar-refractivity contribution in [2.24, 2.45) is 0 Å². The van der Waals surface area contributed by atoms with E-state index < -0.39 is 18.0 Å². The second kappa shape index (κ2) is 8.63. The molecule has 0 radical (unpaired) electrons. The average molecular weight is 260 g/mol. The van der Waals surface area contributed by atoms with E-state index >= 15 is 0 Å². The highest BCUT2D eigenvalue weighted by Crippen LogP contribution is 2.22. The maximum absolute atomic E-state index is 13.2. The number of likely N-dealkylation sites (N-methyl/N-ethyl adjacent to an activating group) is 1. The van der Waals surface area contributed by atoms with E-state index in [9.17, 15) is 14.0 Å². The van der Waals surface area contributed by atoms with Gasteiger partial charge < -0.3 is 10.1 Å². The summed E-state index contributed by atoms with van der Waals surface area (Å²) in [6.45, 7) is 5.88. The van der Waals surface area contributed by atoms with E-state index in [2.05, 4.69) is 5.32 Å². The Hall–Kier alpha value is -1.43. The van der Waals surface area contributed by atoms with Crippen LogP contribution in [0.5, 0.6) is 0 Å². The van der Waals surface area contributed by atoms with Crippen molar-refractivity contribution < 1.29 is 18.7 Å². The Morgan fingerprint density at radius 1 is 1.44 bits per heavy atom. The van der Waals surface area contributed by atoms with Crippen molar-refractivity contribution in [1.29, 1.82) is 0 Å². The fourth-order valence-corrected chi connectivity index (χ4v) is 1.49. The van der Waals surface area contributed by atoms with Crippen LogP contribution >= 0.6 is 0 Å². The third-order valence-electron chi connectivity index (χ3n) is 2.37. The molecule has 5 nitrogen and oxygen atoms in total.